The number of nitrogens with zero attached hydrogens (tertiary/aromatic N) is 2. The highest BCUT2D eigenvalue weighted by Gasteiger charge is 2.29. The second-order valence-corrected chi connectivity index (χ2v) is 5.27. The molecule has 16 heavy (non-hydrogen) atoms. The van der Waals surface area contributed by atoms with Crippen LogP contribution in [0.3, 0.4) is 0 Å². The smallest absolute Gasteiger partial charge is 0.260 e. The maximum Gasteiger partial charge on any atom is 0.260 e. The Morgan fingerprint density at radius 2 is 2.19 bits per heavy atom. The van der Waals surface area contributed by atoms with Gasteiger partial charge < -0.3 is 9.84 Å². The summed E-state index contributed by atoms with van der Waals surface area (Å²) in [5, 5.41) is 15.0. The van der Waals surface area contributed by atoms with Gasteiger partial charge >= 0.3 is 0 Å². The standard InChI is InChI=1S/C8H13N3O4S/c12-6-7-5-9-10-8(7)16(13,14)11-1-3-15-4-2-11/h5,12H,1-4,6H2,(H,9,10). The van der Waals surface area contributed by atoms with Gasteiger partial charge in [-0.25, -0.2) is 8.42 Å². The van der Waals surface area contributed by atoms with Crippen molar-refractivity contribution in [3.8, 4) is 0 Å². The number of H-pyrrole nitrogens is 1. The van der Waals surface area contributed by atoms with Crippen LogP contribution in [-0.2, 0) is 21.4 Å². The molecule has 1 fully saturated rings. The normalized spacial score (nSPS) is 18.8. The Morgan fingerprint density at radius 3 is 2.81 bits per heavy atom. The van der Waals surface area contributed by atoms with Gasteiger partial charge in [-0.05, 0) is 0 Å². The van der Waals surface area contributed by atoms with E-state index in [1.165, 1.54) is 10.5 Å². The molecule has 1 aromatic rings. The number of morpholine rings is 1. The van der Waals surface area contributed by atoms with Gasteiger partial charge in [-0.3, -0.25) is 5.10 Å². The maximum atomic E-state index is 12.1. The average Bonchev–Trinajstić information content (AvgIpc) is 2.79. The van der Waals surface area contributed by atoms with Crippen molar-refractivity contribution in [2.45, 2.75) is 11.6 Å². The summed E-state index contributed by atoms with van der Waals surface area (Å²) in [6.07, 6.45) is 1.31. The molecule has 0 radical (unpaired) electrons. The number of aromatic nitrogens is 2. The molecule has 2 N–H and O–H groups in total. The van der Waals surface area contributed by atoms with Crippen molar-refractivity contribution in [1.82, 2.24) is 14.5 Å². The van der Waals surface area contributed by atoms with Crippen LogP contribution >= 0.6 is 0 Å². The number of sulfonamides is 1. The van der Waals surface area contributed by atoms with Crippen molar-refractivity contribution in [2.24, 2.45) is 0 Å². The Balaban J connectivity index is 2.30. The summed E-state index contributed by atoms with van der Waals surface area (Å²) < 4.78 is 30.6. The maximum absolute atomic E-state index is 12.1. The topological polar surface area (TPSA) is 95.5 Å². The first-order chi connectivity index (χ1) is 7.66. The summed E-state index contributed by atoms with van der Waals surface area (Å²) in [5.41, 5.74) is 0.284. The molecule has 0 bridgehead atoms. The van der Waals surface area contributed by atoms with Crippen LogP contribution in [0.1, 0.15) is 5.56 Å². The monoisotopic (exact) mass is 247 g/mol. The first kappa shape index (κ1) is 11.5. The molecule has 1 aliphatic rings. The second kappa shape index (κ2) is 4.50. The van der Waals surface area contributed by atoms with Crippen LogP contribution in [0.5, 0.6) is 0 Å². The summed E-state index contributed by atoms with van der Waals surface area (Å²) in [6.45, 7) is 1.08. The molecule has 1 aliphatic heterocycles. The Kier molecular flexibility index (Phi) is 3.24. The number of nitrogens with one attached hydrogen (secondary N) is 1. The second-order valence-electron chi connectivity index (χ2n) is 3.40. The Bertz CT molecular complexity index is 450. The first-order valence-electron chi connectivity index (χ1n) is 4.87. The summed E-state index contributed by atoms with van der Waals surface area (Å²) in [7, 11) is -3.59. The van der Waals surface area contributed by atoms with E-state index in [9.17, 15) is 8.42 Å². The molecule has 0 aliphatic carbocycles. The van der Waals surface area contributed by atoms with Crippen molar-refractivity contribution in [2.75, 3.05) is 26.3 Å². The molecular weight excluding hydrogens is 234 g/mol. The summed E-state index contributed by atoms with van der Waals surface area (Å²) in [4.78, 5) is 0. The Labute approximate surface area is 93.1 Å². The van der Waals surface area contributed by atoms with Crippen LogP contribution < -0.4 is 0 Å². The SMILES string of the molecule is O=S(=O)(c1[nH]ncc1CO)N1CCOCC1. The fourth-order valence-corrected chi connectivity index (χ4v) is 3.06. The van der Waals surface area contributed by atoms with Gasteiger partial charge in [0, 0.05) is 18.7 Å². The molecule has 2 rings (SSSR count). The van der Waals surface area contributed by atoms with Crippen LogP contribution in [0, 0.1) is 0 Å². The molecule has 1 aromatic heterocycles. The van der Waals surface area contributed by atoms with Gasteiger partial charge in [0.1, 0.15) is 0 Å². The van der Waals surface area contributed by atoms with Gasteiger partial charge in [-0.2, -0.15) is 9.40 Å². The Hall–Kier alpha value is -0.960. The minimum Gasteiger partial charge on any atom is -0.392 e. The lowest BCUT2D eigenvalue weighted by molar-refractivity contribution is 0.0728. The highest BCUT2D eigenvalue weighted by atomic mass is 32.2. The highest BCUT2D eigenvalue weighted by Crippen LogP contribution is 2.18. The molecule has 90 valence electrons. The summed E-state index contributed by atoms with van der Waals surface area (Å²) >= 11 is 0. The zero-order chi connectivity index (χ0) is 11.6. The van der Waals surface area contributed by atoms with Crippen LogP contribution in [0.2, 0.25) is 0 Å². The molecule has 0 amide bonds. The van der Waals surface area contributed by atoms with E-state index in [-0.39, 0.29) is 17.2 Å². The predicted octanol–water partition coefficient (Wildman–Crippen LogP) is -1.08. The number of aliphatic hydroxyl groups excluding tert-OH is 1. The molecular formula is C8H13N3O4S. The van der Waals surface area contributed by atoms with Gasteiger partial charge in [0.25, 0.3) is 10.0 Å². The lowest BCUT2D eigenvalue weighted by Crippen LogP contribution is -2.41. The highest BCUT2D eigenvalue weighted by molar-refractivity contribution is 7.89. The summed E-state index contributed by atoms with van der Waals surface area (Å²) in [5.74, 6) is 0. The molecule has 0 aromatic carbocycles. The fraction of sp³-hybridized carbons (Fsp3) is 0.625. The van der Waals surface area contributed by atoms with E-state index in [0.717, 1.165) is 0 Å². The quantitative estimate of drug-likeness (QED) is 0.708. The number of aromatic amines is 1. The lowest BCUT2D eigenvalue weighted by atomic mass is 10.4. The molecule has 0 unspecified atom stereocenters. The van der Waals surface area contributed by atoms with Gasteiger partial charge in [0.05, 0.1) is 26.0 Å². The number of ether oxygens (including phenoxy) is 1. The third-order valence-electron chi connectivity index (χ3n) is 2.42. The molecule has 7 nitrogen and oxygen atoms in total. The van der Waals surface area contributed by atoms with Crippen molar-refractivity contribution in [3.05, 3.63) is 11.8 Å². The van der Waals surface area contributed by atoms with E-state index in [1.807, 2.05) is 0 Å². The van der Waals surface area contributed by atoms with E-state index < -0.39 is 10.0 Å². The lowest BCUT2D eigenvalue weighted by Gasteiger charge is -2.25. The molecule has 8 heteroatoms. The van der Waals surface area contributed by atoms with Crippen molar-refractivity contribution in [1.29, 1.82) is 0 Å². The van der Waals surface area contributed by atoms with Gasteiger partial charge in [0.15, 0.2) is 5.03 Å². The van der Waals surface area contributed by atoms with E-state index in [4.69, 9.17) is 9.84 Å². The van der Waals surface area contributed by atoms with Crippen LogP contribution in [0.15, 0.2) is 11.2 Å². The first-order valence-corrected chi connectivity index (χ1v) is 6.31. The van der Waals surface area contributed by atoms with Crippen LogP contribution in [0.4, 0.5) is 0 Å². The zero-order valence-corrected chi connectivity index (χ0v) is 9.40. The van der Waals surface area contributed by atoms with E-state index in [2.05, 4.69) is 10.2 Å². The molecule has 1 saturated heterocycles. The van der Waals surface area contributed by atoms with E-state index in [0.29, 0.717) is 26.3 Å². The van der Waals surface area contributed by atoms with E-state index >= 15 is 0 Å². The van der Waals surface area contributed by atoms with Crippen LogP contribution in [0.25, 0.3) is 0 Å². The van der Waals surface area contributed by atoms with Gasteiger partial charge in [0.2, 0.25) is 0 Å². The number of hydrogen-bond donors (Lipinski definition) is 2. The van der Waals surface area contributed by atoms with Crippen molar-refractivity contribution < 1.29 is 18.3 Å². The van der Waals surface area contributed by atoms with Crippen LogP contribution in [-0.4, -0.2) is 54.3 Å². The molecule has 0 saturated carbocycles. The Morgan fingerprint density at radius 1 is 1.50 bits per heavy atom. The minimum absolute atomic E-state index is 0.0306. The predicted molar refractivity (Wildman–Crippen MR) is 54.1 cm³/mol. The molecule has 2 heterocycles. The average molecular weight is 247 g/mol. The number of hydrogen-bond acceptors (Lipinski definition) is 5. The number of rotatable bonds is 3. The molecule has 0 spiro atoms. The third-order valence-corrected chi connectivity index (χ3v) is 4.33. The fourth-order valence-electron chi connectivity index (χ4n) is 1.55. The van der Waals surface area contributed by atoms with Gasteiger partial charge in [-0.15, -0.1) is 0 Å². The van der Waals surface area contributed by atoms with E-state index in [1.54, 1.807) is 0 Å². The molecule has 0 atom stereocenters. The largest absolute Gasteiger partial charge is 0.392 e. The summed E-state index contributed by atoms with van der Waals surface area (Å²) in [6, 6.07) is 0. The van der Waals surface area contributed by atoms with Crippen molar-refractivity contribution in [3.63, 3.8) is 0 Å². The van der Waals surface area contributed by atoms with Crippen molar-refractivity contribution >= 4 is 10.0 Å². The zero-order valence-electron chi connectivity index (χ0n) is 8.59. The third kappa shape index (κ3) is 1.96. The minimum atomic E-state index is -3.59. The van der Waals surface area contributed by atoms with Gasteiger partial charge in [-0.1, -0.05) is 0 Å². The number of aliphatic hydroxyl groups is 1.